The van der Waals surface area contributed by atoms with E-state index in [2.05, 4.69) is 10.4 Å². The van der Waals surface area contributed by atoms with Gasteiger partial charge in [0.15, 0.2) is 5.92 Å². The normalized spacial score (nSPS) is 13.6. The molecule has 0 spiro atoms. The lowest BCUT2D eigenvalue weighted by molar-refractivity contribution is -0.190. The Labute approximate surface area is 108 Å². The molecule has 0 bridgehead atoms. The van der Waals surface area contributed by atoms with Crippen LogP contribution in [0.4, 0.5) is 18.9 Å². The van der Waals surface area contributed by atoms with Crippen molar-refractivity contribution in [3.63, 3.8) is 0 Å². The molecule has 1 aromatic rings. The van der Waals surface area contributed by atoms with Crippen LogP contribution >= 0.6 is 0 Å². The van der Waals surface area contributed by atoms with Gasteiger partial charge in [-0.25, -0.2) is 0 Å². The van der Waals surface area contributed by atoms with Crippen molar-refractivity contribution in [1.82, 2.24) is 9.78 Å². The highest BCUT2D eigenvalue weighted by molar-refractivity contribution is 5.72. The van der Waals surface area contributed by atoms with Gasteiger partial charge in [0.05, 0.1) is 11.4 Å². The number of alkyl halides is 3. The Morgan fingerprint density at radius 3 is 2.53 bits per heavy atom. The molecule has 1 heterocycles. The van der Waals surface area contributed by atoms with Crippen LogP contribution in [0.5, 0.6) is 0 Å². The maximum absolute atomic E-state index is 12.5. The van der Waals surface area contributed by atoms with E-state index in [-0.39, 0.29) is 5.92 Å². The maximum Gasteiger partial charge on any atom is 0.403 e. The average molecular weight is 279 g/mol. The number of nitrogens with one attached hydrogen (secondary N) is 1. The van der Waals surface area contributed by atoms with Crippen LogP contribution in [0, 0.1) is 5.92 Å². The Balaban J connectivity index is 2.83. The summed E-state index contributed by atoms with van der Waals surface area (Å²) in [4.78, 5) is 10.6. The van der Waals surface area contributed by atoms with Gasteiger partial charge in [0.1, 0.15) is 0 Å². The van der Waals surface area contributed by atoms with Crippen LogP contribution in [0.15, 0.2) is 6.20 Å². The summed E-state index contributed by atoms with van der Waals surface area (Å²) in [7, 11) is 1.65. The van der Waals surface area contributed by atoms with Crippen LogP contribution in [0.1, 0.15) is 25.5 Å². The Bertz CT molecular complexity index is 455. The zero-order valence-electron chi connectivity index (χ0n) is 10.8. The van der Waals surface area contributed by atoms with Crippen LogP contribution in [0.25, 0.3) is 0 Å². The van der Waals surface area contributed by atoms with E-state index in [1.807, 2.05) is 13.8 Å². The van der Waals surface area contributed by atoms with Crippen molar-refractivity contribution in [3.8, 4) is 0 Å². The van der Waals surface area contributed by atoms with Crippen LogP contribution in [0.2, 0.25) is 0 Å². The molecule has 5 nitrogen and oxygen atoms in total. The first-order valence-corrected chi connectivity index (χ1v) is 5.69. The summed E-state index contributed by atoms with van der Waals surface area (Å²) < 4.78 is 39.0. The predicted octanol–water partition coefficient (Wildman–Crippen LogP) is 2.22. The smallest absolute Gasteiger partial charge is 0.403 e. The number of nitrogens with zero attached hydrogens (tertiary/aromatic N) is 2. The lowest BCUT2D eigenvalue weighted by Gasteiger charge is -2.17. The van der Waals surface area contributed by atoms with E-state index in [1.54, 1.807) is 7.05 Å². The molecule has 0 radical (unpaired) electrons. The molecule has 0 saturated heterocycles. The second kappa shape index (κ2) is 5.50. The molecule has 1 unspecified atom stereocenters. The first kappa shape index (κ1) is 15.3. The fourth-order valence-corrected chi connectivity index (χ4v) is 1.62. The van der Waals surface area contributed by atoms with E-state index < -0.39 is 24.6 Å². The standard InChI is InChI=1S/C11H16F3N3O2/c1-6(2)9-8(5-17(3)16-9)15-4-7(10(18)19)11(12,13)14/h5-7,15H,4H2,1-3H3,(H,18,19). The van der Waals surface area contributed by atoms with Crippen molar-refractivity contribution in [3.05, 3.63) is 11.9 Å². The molecule has 0 aliphatic heterocycles. The van der Waals surface area contributed by atoms with E-state index in [9.17, 15) is 18.0 Å². The molecular formula is C11H16F3N3O2. The first-order valence-electron chi connectivity index (χ1n) is 5.69. The highest BCUT2D eigenvalue weighted by Crippen LogP contribution is 2.28. The van der Waals surface area contributed by atoms with Crippen molar-refractivity contribution in [1.29, 1.82) is 0 Å². The van der Waals surface area contributed by atoms with E-state index >= 15 is 0 Å². The summed E-state index contributed by atoms with van der Waals surface area (Å²) in [6, 6.07) is 0. The van der Waals surface area contributed by atoms with Crippen LogP contribution in [-0.4, -0.2) is 33.6 Å². The van der Waals surface area contributed by atoms with Crippen LogP contribution in [0.3, 0.4) is 0 Å². The Morgan fingerprint density at radius 1 is 1.53 bits per heavy atom. The first-order chi connectivity index (χ1) is 8.62. The topological polar surface area (TPSA) is 67.2 Å². The third kappa shape index (κ3) is 3.87. The van der Waals surface area contributed by atoms with E-state index in [4.69, 9.17) is 5.11 Å². The molecule has 1 rings (SSSR count). The second-order valence-electron chi connectivity index (χ2n) is 4.57. The van der Waals surface area contributed by atoms with Gasteiger partial charge in [-0.1, -0.05) is 13.8 Å². The Morgan fingerprint density at radius 2 is 2.11 bits per heavy atom. The fourth-order valence-electron chi connectivity index (χ4n) is 1.62. The quantitative estimate of drug-likeness (QED) is 0.867. The molecule has 0 amide bonds. The largest absolute Gasteiger partial charge is 0.481 e. The van der Waals surface area contributed by atoms with Crippen LogP contribution < -0.4 is 5.32 Å². The summed E-state index contributed by atoms with van der Waals surface area (Å²) in [6.45, 7) is 2.99. The number of hydrogen-bond donors (Lipinski definition) is 2. The number of rotatable bonds is 5. The molecule has 0 aliphatic carbocycles. The zero-order chi connectivity index (χ0) is 14.8. The summed E-state index contributed by atoms with van der Waals surface area (Å²) in [5, 5.41) is 15.2. The van der Waals surface area contributed by atoms with Gasteiger partial charge < -0.3 is 10.4 Å². The number of carbonyl (C=O) groups is 1. The zero-order valence-corrected chi connectivity index (χ0v) is 10.8. The predicted molar refractivity (Wildman–Crippen MR) is 63.0 cm³/mol. The van der Waals surface area contributed by atoms with Gasteiger partial charge in [-0.15, -0.1) is 0 Å². The monoisotopic (exact) mass is 279 g/mol. The number of aliphatic carboxylic acids is 1. The van der Waals surface area contributed by atoms with Gasteiger partial charge in [0.2, 0.25) is 0 Å². The number of halogens is 3. The van der Waals surface area contributed by atoms with E-state index in [0.29, 0.717) is 11.4 Å². The van der Waals surface area contributed by atoms with Crippen molar-refractivity contribution in [2.24, 2.45) is 13.0 Å². The van der Waals surface area contributed by atoms with Gasteiger partial charge >= 0.3 is 12.1 Å². The molecule has 0 aromatic carbocycles. The summed E-state index contributed by atoms with van der Waals surface area (Å²) in [5.41, 5.74) is 1.03. The number of aromatic nitrogens is 2. The van der Waals surface area contributed by atoms with Gasteiger partial charge in [0.25, 0.3) is 0 Å². The van der Waals surface area contributed by atoms with Gasteiger partial charge in [-0.3, -0.25) is 9.48 Å². The summed E-state index contributed by atoms with van der Waals surface area (Å²) >= 11 is 0. The SMILES string of the molecule is CC(C)c1nn(C)cc1NCC(C(=O)O)C(F)(F)F. The molecule has 0 fully saturated rings. The molecular weight excluding hydrogens is 263 g/mol. The number of aryl methyl sites for hydroxylation is 1. The van der Waals surface area contributed by atoms with Gasteiger partial charge in [0, 0.05) is 19.8 Å². The highest BCUT2D eigenvalue weighted by atomic mass is 19.4. The summed E-state index contributed by atoms with van der Waals surface area (Å²) in [5.74, 6) is -4.31. The molecule has 0 aliphatic rings. The van der Waals surface area contributed by atoms with Crippen molar-refractivity contribution < 1.29 is 23.1 Å². The number of carboxylic acids is 1. The van der Waals surface area contributed by atoms with E-state index in [1.165, 1.54) is 10.9 Å². The number of carboxylic acid groups (broad SMARTS) is 1. The van der Waals surface area contributed by atoms with Crippen molar-refractivity contribution in [2.75, 3.05) is 11.9 Å². The van der Waals surface area contributed by atoms with Crippen LogP contribution in [-0.2, 0) is 11.8 Å². The van der Waals surface area contributed by atoms with Gasteiger partial charge in [-0.05, 0) is 5.92 Å². The summed E-state index contributed by atoms with van der Waals surface area (Å²) in [6.07, 6.45) is -3.25. The third-order valence-corrected chi connectivity index (χ3v) is 2.59. The Kier molecular flexibility index (Phi) is 4.43. The molecule has 1 aromatic heterocycles. The lowest BCUT2D eigenvalue weighted by Crippen LogP contribution is -2.36. The van der Waals surface area contributed by atoms with Crippen molar-refractivity contribution >= 4 is 11.7 Å². The molecule has 108 valence electrons. The molecule has 19 heavy (non-hydrogen) atoms. The minimum Gasteiger partial charge on any atom is -0.481 e. The highest BCUT2D eigenvalue weighted by Gasteiger charge is 2.45. The molecule has 0 saturated carbocycles. The molecule has 2 N–H and O–H groups in total. The molecule has 8 heteroatoms. The minimum atomic E-state index is -4.78. The fraction of sp³-hybridized carbons (Fsp3) is 0.636. The van der Waals surface area contributed by atoms with E-state index in [0.717, 1.165) is 0 Å². The van der Waals surface area contributed by atoms with Gasteiger partial charge in [-0.2, -0.15) is 18.3 Å². The second-order valence-corrected chi connectivity index (χ2v) is 4.57. The lowest BCUT2D eigenvalue weighted by atomic mass is 10.1. The molecule has 1 atom stereocenters. The maximum atomic E-state index is 12.5. The minimum absolute atomic E-state index is 0.0258. The van der Waals surface area contributed by atoms with Crippen molar-refractivity contribution in [2.45, 2.75) is 25.9 Å². The average Bonchev–Trinajstić information content (AvgIpc) is 2.57. The number of hydrogen-bond acceptors (Lipinski definition) is 3. The third-order valence-electron chi connectivity index (χ3n) is 2.59. The Hall–Kier alpha value is -1.73. The number of anilines is 1.